The third-order valence-corrected chi connectivity index (χ3v) is 3.94. The SMILES string of the molecule is C[C@H](Cc1cccs1)NC(=S)Nc1ccc(Cl)cc1. The van der Waals surface area contributed by atoms with Crippen LogP contribution in [-0.2, 0) is 6.42 Å². The van der Waals surface area contributed by atoms with E-state index in [1.807, 2.05) is 24.3 Å². The molecule has 2 aromatic rings. The molecule has 100 valence electrons. The maximum Gasteiger partial charge on any atom is 0.170 e. The van der Waals surface area contributed by atoms with Crippen molar-refractivity contribution in [3.63, 3.8) is 0 Å². The summed E-state index contributed by atoms with van der Waals surface area (Å²) in [5.41, 5.74) is 0.935. The lowest BCUT2D eigenvalue weighted by Gasteiger charge is -2.16. The van der Waals surface area contributed by atoms with Crippen molar-refractivity contribution in [3.05, 3.63) is 51.7 Å². The summed E-state index contributed by atoms with van der Waals surface area (Å²) in [6, 6.07) is 12.0. The molecule has 1 heterocycles. The Kier molecular flexibility index (Phi) is 5.19. The number of hydrogen-bond acceptors (Lipinski definition) is 2. The second kappa shape index (κ2) is 6.89. The minimum atomic E-state index is 0.297. The molecule has 2 N–H and O–H groups in total. The molecule has 1 aromatic carbocycles. The Bertz CT molecular complexity index is 523. The highest BCUT2D eigenvalue weighted by Crippen LogP contribution is 2.14. The van der Waals surface area contributed by atoms with E-state index >= 15 is 0 Å². The molecule has 0 spiro atoms. The van der Waals surface area contributed by atoms with E-state index in [-0.39, 0.29) is 0 Å². The third kappa shape index (κ3) is 4.82. The van der Waals surface area contributed by atoms with Gasteiger partial charge in [0.05, 0.1) is 0 Å². The van der Waals surface area contributed by atoms with Gasteiger partial charge in [0.1, 0.15) is 0 Å². The average Bonchev–Trinajstić information content (AvgIpc) is 2.84. The second-order valence-corrected chi connectivity index (χ2v) is 6.17. The average molecular weight is 311 g/mol. The molecular formula is C14H15ClN2S2. The molecule has 1 atom stereocenters. The van der Waals surface area contributed by atoms with Gasteiger partial charge in [0, 0.05) is 28.0 Å². The van der Waals surface area contributed by atoms with Crippen LogP contribution in [0, 0.1) is 0 Å². The first-order chi connectivity index (χ1) is 9.13. The zero-order chi connectivity index (χ0) is 13.7. The summed E-state index contributed by atoms with van der Waals surface area (Å²) in [6.45, 7) is 2.12. The molecule has 2 rings (SSSR count). The summed E-state index contributed by atoms with van der Waals surface area (Å²) in [5, 5.41) is 9.86. The predicted octanol–water partition coefficient (Wildman–Crippen LogP) is 4.32. The molecule has 2 nitrogen and oxygen atoms in total. The van der Waals surface area contributed by atoms with Crippen molar-refractivity contribution in [2.24, 2.45) is 0 Å². The summed E-state index contributed by atoms with van der Waals surface area (Å²) in [4.78, 5) is 1.36. The van der Waals surface area contributed by atoms with Crippen LogP contribution in [0.25, 0.3) is 0 Å². The number of hydrogen-bond donors (Lipinski definition) is 2. The summed E-state index contributed by atoms with van der Waals surface area (Å²) in [6.07, 6.45) is 0.972. The first-order valence-electron chi connectivity index (χ1n) is 5.99. The molecule has 0 aliphatic rings. The van der Waals surface area contributed by atoms with Crippen molar-refractivity contribution >= 4 is 46.0 Å². The van der Waals surface area contributed by atoms with Crippen LogP contribution in [0.2, 0.25) is 5.02 Å². The molecule has 5 heteroatoms. The Labute approximate surface area is 127 Å². The lowest BCUT2D eigenvalue weighted by Crippen LogP contribution is -2.36. The van der Waals surface area contributed by atoms with E-state index in [9.17, 15) is 0 Å². The Morgan fingerprint density at radius 1 is 1.32 bits per heavy atom. The second-order valence-electron chi connectivity index (χ2n) is 4.29. The summed E-state index contributed by atoms with van der Waals surface area (Å²) in [7, 11) is 0. The highest BCUT2D eigenvalue weighted by atomic mass is 35.5. The quantitative estimate of drug-likeness (QED) is 0.822. The summed E-state index contributed by atoms with van der Waals surface area (Å²) in [5.74, 6) is 0. The molecule has 1 aromatic heterocycles. The van der Waals surface area contributed by atoms with E-state index in [0.29, 0.717) is 11.2 Å². The van der Waals surface area contributed by atoms with Gasteiger partial charge in [0.25, 0.3) is 0 Å². The minimum absolute atomic E-state index is 0.297. The monoisotopic (exact) mass is 310 g/mol. The minimum Gasteiger partial charge on any atom is -0.360 e. The van der Waals surface area contributed by atoms with Gasteiger partial charge in [-0.2, -0.15) is 0 Å². The van der Waals surface area contributed by atoms with Gasteiger partial charge < -0.3 is 10.6 Å². The van der Waals surface area contributed by atoms with Crippen molar-refractivity contribution in [2.75, 3.05) is 5.32 Å². The smallest absolute Gasteiger partial charge is 0.170 e. The van der Waals surface area contributed by atoms with Crippen molar-refractivity contribution < 1.29 is 0 Å². The number of nitrogens with one attached hydrogen (secondary N) is 2. The number of rotatable bonds is 4. The first-order valence-corrected chi connectivity index (χ1v) is 7.65. The largest absolute Gasteiger partial charge is 0.360 e. The van der Waals surface area contributed by atoms with E-state index in [0.717, 1.165) is 17.1 Å². The van der Waals surface area contributed by atoms with E-state index in [4.69, 9.17) is 23.8 Å². The molecule has 0 bridgehead atoms. The Balaban J connectivity index is 1.82. The van der Waals surface area contributed by atoms with Gasteiger partial charge in [-0.05, 0) is 54.9 Å². The molecule has 0 saturated carbocycles. The van der Waals surface area contributed by atoms with Crippen LogP contribution in [0.1, 0.15) is 11.8 Å². The van der Waals surface area contributed by atoms with E-state index in [2.05, 4.69) is 35.1 Å². The van der Waals surface area contributed by atoms with Crippen LogP contribution in [0.3, 0.4) is 0 Å². The van der Waals surface area contributed by atoms with Crippen LogP contribution in [-0.4, -0.2) is 11.2 Å². The topological polar surface area (TPSA) is 24.1 Å². The Morgan fingerprint density at radius 2 is 2.05 bits per heavy atom. The highest BCUT2D eigenvalue weighted by Gasteiger charge is 2.06. The molecule has 0 unspecified atom stereocenters. The fourth-order valence-corrected chi connectivity index (χ4v) is 2.99. The molecule has 0 aliphatic carbocycles. The Morgan fingerprint density at radius 3 is 2.68 bits per heavy atom. The highest BCUT2D eigenvalue weighted by molar-refractivity contribution is 7.80. The molecule has 19 heavy (non-hydrogen) atoms. The fraction of sp³-hybridized carbons (Fsp3) is 0.214. The zero-order valence-corrected chi connectivity index (χ0v) is 12.9. The maximum atomic E-state index is 5.84. The van der Waals surface area contributed by atoms with Gasteiger partial charge in [-0.1, -0.05) is 17.7 Å². The van der Waals surface area contributed by atoms with Crippen LogP contribution < -0.4 is 10.6 Å². The van der Waals surface area contributed by atoms with Crippen LogP contribution >= 0.6 is 35.2 Å². The lowest BCUT2D eigenvalue weighted by atomic mass is 10.2. The summed E-state index contributed by atoms with van der Waals surface area (Å²) < 4.78 is 0. The standard InChI is InChI=1S/C14H15ClN2S2/c1-10(9-13-3-2-8-19-13)16-14(18)17-12-6-4-11(15)5-7-12/h2-8,10H,9H2,1H3,(H2,16,17,18)/t10-/m1/s1. The molecular weight excluding hydrogens is 296 g/mol. The van der Waals surface area contributed by atoms with Crippen LogP contribution in [0.5, 0.6) is 0 Å². The number of thiophene rings is 1. The fourth-order valence-electron chi connectivity index (χ4n) is 1.71. The molecule has 0 radical (unpaired) electrons. The molecule has 0 saturated heterocycles. The van der Waals surface area contributed by atoms with E-state index in [1.165, 1.54) is 4.88 Å². The van der Waals surface area contributed by atoms with Gasteiger partial charge in [-0.15, -0.1) is 11.3 Å². The Hall–Kier alpha value is -1.10. The van der Waals surface area contributed by atoms with Gasteiger partial charge >= 0.3 is 0 Å². The van der Waals surface area contributed by atoms with Crippen molar-refractivity contribution in [1.29, 1.82) is 0 Å². The third-order valence-electron chi connectivity index (χ3n) is 2.57. The van der Waals surface area contributed by atoms with Gasteiger partial charge in [0.15, 0.2) is 5.11 Å². The maximum absolute atomic E-state index is 5.84. The van der Waals surface area contributed by atoms with E-state index in [1.54, 1.807) is 11.3 Å². The van der Waals surface area contributed by atoms with Crippen molar-refractivity contribution in [2.45, 2.75) is 19.4 Å². The van der Waals surface area contributed by atoms with E-state index < -0.39 is 0 Å². The molecule has 0 aliphatic heterocycles. The number of halogens is 1. The van der Waals surface area contributed by atoms with Gasteiger partial charge in [-0.25, -0.2) is 0 Å². The lowest BCUT2D eigenvalue weighted by molar-refractivity contribution is 0.670. The number of anilines is 1. The van der Waals surface area contributed by atoms with Crippen LogP contribution in [0.4, 0.5) is 5.69 Å². The van der Waals surface area contributed by atoms with Gasteiger partial charge in [-0.3, -0.25) is 0 Å². The molecule has 0 amide bonds. The zero-order valence-electron chi connectivity index (χ0n) is 10.5. The molecule has 0 fully saturated rings. The summed E-state index contributed by atoms with van der Waals surface area (Å²) >= 11 is 12.9. The normalized spacial score (nSPS) is 11.9. The van der Waals surface area contributed by atoms with Crippen LogP contribution in [0.15, 0.2) is 41.8 Å². The predicted molar refractivity (Wildman–Crippen MR) is 88.3 cm³/mol. The van der Waals surface area contributed by atoms with Crippen molar-refractivity contribution in [3.8, 4) is 0 Å². The van der Waals surface area contributed by atoms with Gasteiger partial charge in [0.2, 0.25) is 0 Å². The van der Waals surface area contributed by atoms with Crippen molar-refractivity contribution in [1.82, 2.24) is 5.32 Å². The number of thiocarbonyl (C=S) groups is 1. The number of benzene rings is 1. The first kappa shape index (κ1) is 14.3.